The van der Waals surface area contributed by atoms with Crippen LogP contribution in [0.4, 0.5) is 0 Å². The largest absolute Gasteiger partial charge is 0.0845 e. The van der Waals surface area contributed by atoms with E-state index in [4.69, 9.17) is 6.92 Å². The molecule has 0 heteroatoms. The van der Waals surface area contributed by atoms with Crippen molar-refractivity contribution < 1.29 is 0 Å². The zero-order valence-electron chi connectivity index (χ0n) is 4.30. The monoisotopic (exact) mass is 93.1 g/mol. The Hall–Kier alpha value is -0.520. The maximum absolute atomic E-state index is 5.02. The lowest BCUT2D eigenvalue weighted by Gasteiger charge is -1.70. The van der Waals surface area contributed by atoms with E-state index in [0.29, 0.717) is 0 Å². The minimum atomic E-state index is 0.824. The van der Waals surface area contributed by atoms with E-state index < -0.39 is 0 Å². The van der Waals surface area contributed by atoms with Gasteiger partial charge in [-0.25, -0.2) is 0 Å². The van der Waals surface area contributed by atoms with E-state index >= 15 is 0 Å². The lowest BCUT2D eigenvalue weighted by atomic mass is 10.4. The summed E-state index contributed by atoms with van der Waals surface area (Å²) < 4.78 is 0. The van der Waals surface area contributed by atoms with Crippen molar-refractivity contribution in [3.05, 3.63) is 38.2 Å². The first-order chi connectivity index (χ1) is 3.41. The van der Waals surface area contributed by atoms with Crippen LogP contribution in [0.2, 0.25) is 0 Å². The van der Waals surface area contributed by atoms with Gasteiger partial charge in [-0.05, 0) is 20.3 Å². The summed E-state index contributed by atoms with van der Waals surface area (Å²) in [5, 5.41) is 0. The summed E-state index contributed by atoms with van der Waals surface area (Å²) >= 11 is 0. The van der Waals surface area contributed by atoms with E-state index in [0.717, 1.165) is 6.42 Å². The van der Waals surface area contributed by atoms with E-state index in [2.05, 4.69) is 6.92 Å². The fourth-order valence-corrected chi connectivity index (χ4v) is 0.239. The summed E-state index contributed by atoms with van der Waals surface area (Å²) in [4.78, 5) is 0. The van der Waals surface area contributed by atoms with E-state index in [1.165, 1.54) is 6.08 Å². The first kappa shape index (κ1) is 6.48. The summed E-state index contributed by atoms with van der Waals surface area (Å²) in [5.74, 6) is 0. The SMILES string of the molecule is [CH]C=CC=CC[CH2]. The minimum Gasteiger partial charge on any atom is -0.0845 e. The molecule has 37 valence electrons. The molecule has 0 aliphatic rings. The van der Waals surface area contributed by atoms with Crippen molar-refractivity contribution in [2.45, 2.75) is 6.42 Å². The maximum atomic E-state index is 5.02. The molecular weight excluding hydrogens is 84.1 g/mol. The second-order valence-electron chi connectivity index (χ2n) is 1.10. The molecule has 0 rings (SSSR count). The summed E-state index contributed by atoms with van der Waals surface area (Å²) in [5.41, 5.74) is 0. The van der Waals surface area contributed by atoms with Crippen LogP contribution in [0.25, 0.3) is 0 Å². The van der Waals surface area contributed by atoms with Crippen molar-refractivity contribution in [3.8, 4) is 0 Å². The summed E-state index contributed by atoms with van der Waals surface area (Å²) in [6, 6.07) is 0. The smallest absolute Gasteiger partial charge is 0.00925 e. The molecule has 0 aliphatic heterocycles. The van der Waals surface area contributed by atoms with Crippen LogP contribution in [0.1, 0.15) is 6.42 Å². The highest BCUT2D eigenvalue weighted by atomic mass is 13.6. The Labute approximate surface area is 45.5 Å². The molecule has 0 saturated carbocycles. The predicted octanol–water partition coefficient (Wildman–Crippen LogP) is 2.03. The molecule has 0 fully saturated rings. The van der Waals surface area contributed by atoms with Crippen LogP contribution >= 0.6 is 0 Å². The first-order valence-corrected chi connectivity index (χ1v) is 2.24. The Bertz CT molecular complexity index is 68.1. The van der Waals surface area contributed by atoms with Gasteiger partial charge in [0.2, 0.25) is 0 Å². The number of allylic oxidation sites excluding steroid dienone is 4. The van der Waals surface area contributed by atoms with Crippen molar-refractivity contribution in [2.24, 2.45) is 0 Å². The molecular formula is C7H9. The topological polar surface area (TPSA) is 0 Å². The summed E-state index contributed by atoms with van der Waals surface area (Å²) in [6.45, 7) is 8.61. The fraction of sp³-hybridized carbons (Fsp3) is 0.143. The van der Waals surface area contributed by atoms with Gasteiger partial charge in [0.15, 0.2) is 0 Å². The van der Waals surface area contributed by atoms with Gasteiger partial charge in [-0.3, -0.25) is 0 Å². The minimum absolute atomic E-state index is 0.824. The van der Waals surface area contributed by atoms with Gasteiger partial charge in [0, 0.05) is 0 Å². The van der Waals surface area contributed by atoms with E-state index in [9.17, 15) is 0 Å². The van der Waals surface area contributed by atoms with Gasteiger partial charge in [-0.2, -0.15) is 0 Å². The molecule has 0 heterocycles. The fourth-order valence-electron chi connectivity index (χ4n) is 0.239. The van der Waals surface area contributed by atoms with Crippen LogP contribution < -0.4 is 0 Å². The Morgan fingerprint density at radius 3 is 2.57 bits per heavy atom. The van der Waals surface area contributed by atoms with Crippen molar-refractivity contribution in [2.75, 3.05) is 0 Å². The van der Waals surface area contributed by atoms with Gasteiger partial charge in [0.05, 0.1) is 0 Å². The lowest BCUT2D eigenvalue weighted by Crippen LogP contribution is -1.49. The van der Waals surface area contributed by atoms with Gasteiger partial charge < -0.3 is 0 Å². The predicted molar refractivity (Wildman–Crippen MR) is 32.6 cm³/mol. The van der Waals surface area contributed by atoms with Gasteiger partial charge >= 0.3 is 0 Å². The average Bonchev–Trinajstić information content (AvgIpc) is 1.69. The molecule has 0 aromatic rings. The van der Waals surface area contributed by atoms with Gasteiger partial charge in [0.1, 0.15) is 0 Å². The highest BCUT2D eigenvalue weighted by molar-refractivity contribution is 5.03. The standard InChI is InChI=1S/C7H9/c1-3-5-7-6-4-2/h1,3,5-7H,2,4H2. The van der Waals surface area contributed by atoms with Crippen LogP contribution in [-0.4, -0.2) is 0 Å². The molecule has 3 radical (unpaired) electrons. The molecule has 7 heavy (non-hydrogen) atoms. The van der Waals surface area contributed by atoms with E-state index in [-0.39, 0.29) is 0 Å². The summed E-state index contributed by atoms with van der Waals surface area (Å²) in [7, 11) is 0. The van der Waals surface area contributed by atoms with Crippen LogP contribution in [0, 0.1) is 13.8 Å². The average molecular weight is 93.1 g/mol. The Kier molecular flexibility index (Phi) is 5.07. The third-order valence-electron chi connectivity index (χ3n) is 0.525. The molecule has 0 spiro atoms. The molecule has 0 aromatic carbocycles. The second-order valence-corrected chi connectivity index (χ2v) is 1.10. The molecule has 0 bridgehead atoms. The molecule has 0 atom stereocenters. The first-order valence-electron chi connectivity index (χ1n) is 2.24. The van der Waals surface area contributed by atoms with Crippen LogP contribution in [0.5, 0.6) is 0 Å². The van der Waals surface area contributed by atoms with Crippen LogP contribution in [-0.2, 0) is 0 Å². The number of hydrogen-bond acceptors (Lipinski definition) is 0. The van der Waals surface area contributed by atoms with E-state index in [1.807, 2.05) is 12.2 Å². The Balaban J connectivity index is 3.09. The molecule has 0 nitrogen and oxygen atoms in total. The molecule has 0 aromatic heterocycles. The second kappa shape index (κ2) is 5.48. The third kappa shape index (κ3) is 5.48. The molecule has 0 saturated heterocycles. The van der Waals surface area contributed by atoms with Gasteiger partial charge in [0.25, 0.3) is 0 Å². The van der Waals surface area contributed by atoms with Crippen molar-refractivity contribution >= 4 is 0 Å². The normalized spacial score (nSPS) is 11.7. The Morgan fingerprint density at radius 2 is 2.14 bits per heavy atom. The summed E-state index contributed by atoms with van der Waals surface area (Å²) in [6.07, 6.45) is 7.89. The lowest BCUT2D eigenvalue weighted by molar-refractivity contribution is 1.40. The number of hydrogen-bond donors (Lipinski definition) is 0. The Morgan fingerprint density at radius 1 is 1.43 bits per heavy atom. The highest BCUT2D eigenvalue weighted by Crippen LogP contribution is 1.78. The van der Waals surface area contributed by atoms with Crippen LogP contribution in [0.15, 0.2) is 24.3 Å². The van der Waals surface area contributed by atoms with E-state index in [1.54, 1.807) is 6.08 Å². The molecule has 0 amide bonds. The van der Waals surface area contributed by atoms with Gasteiger partial charge in [-0.15, -0.1) is 0 Å². The zero-order valence-corrected chi connectivity index (χ0v) is 4.30. The molecule has 0 unspecified atom stereocenters. The van der Waals surface area contributed by atoms with Gasteiger partial charge in [-0.1, -0.05) is 24.3 Å². The van der Waals surface area contributed by atoms with Crippen molar-refractivity contribution in [3.63, 3.8) is 0 Å². The van der Waals surface area contributed by atoms with Crippen molar-refractivity contribution in [1.29, 1.82) is 0 Å². The maximum Gasteiger partial charge on any atom is -0.00925 e. The number of rotatable bonds is 2. The molecule has 0 N–H and O–H groups in total. The highest BCUT2D eigenvalue weighted by Gasteiger charge is 1.58. The van der Waals surface area contributed by atoms with Crippen LogP contribution in [0.3, 0.4) is 0 Å². The zero-order chi connectivity index (χ0) is 5.54. The molecule has 0 aliphatic carbocycles. The quantitative estimate of drug-likeness (QED) is 0.458. The third-order valence-corrected chi connectivity index (χ3v) is 0.525. The van der Waals surface area contributed by atoms with Crippen molar-refractivity contribution in [1.82, 2.24) is 0 Å².